The van der Waals surface area contributed by atoms with E-state index in [1.165, 1.54) is 35.1 Å². The second kappa shape index (κ2) is 6.95. The molecule has 1 aromatic rings. The predicted octanol–water partition coefficient (Wildman–Crippen LogP) is 4.74. The van der Waals surface area contributed by atoms with Crippen LogP contribution in [0.2, 0.25) is 0 Å². The number of hydrogen-bond acceptors (Lipinski definition) is 2. The Morgan fingerprint density at radius 1 is 1.30 bits per heavy atom. The Morgan fingerprint density at radius 2 is 2.00 bits per heavy atom. The van der Waals surface area contributed by atoms with Crippen LogP contribution < -0.4 is 10.2 Å². The van der Waals surface area contributed by atoms with Gasteiger partial charge < -0.3 is 10.2 Å². The van der Waals surface area contributed by atoms with Gasteiger partial charge in [-0.2, -0.15) is 0 Å². The number of nitrogens with zero attached hydrogens (tertiary/aromatic N) is 1. The molecule has 1 aliphatic rings. The second-order valence-corrected chi connectivity index (χ2v) is 7.09. The highest BCUT2D eigenvalue weighted by Gasteiger charge is 2.27. The molecule has 2 nitrogen and oxygen atoms in total. The molecular formula is C17H27BrN2. The minimum absolute atomic E-state index is 0.392. The first-order valence-electron chi connectivity index (χ1n) is 7.82. The molecule has 1 aliphatic carbocycles. The summed E-state index contributed by atoms with van der Waals surface area (Å²) < 4.78 is 1.17. The SMILES string of the molecule is CCNC(C)c1ccc(Br)cc1N(CC1CC1)C(C)C. The first-order chi connectivity index (χ1) is 9.52. The molecule has 1 fully saturated rings. The predicted molar refractivity (Wildman–Crippen MR) is 91.4 cm³/mol. The summed E-state index contributed by atoms with van der Waals surface area (Å²) in [6, 6.07) is 7.63. The fourth-order valence-electron chi connectivity index (χ4n) is 2.71. The minimum atomic E-state index is 0.392. The highest BCUT2D eigenvalue weighted by Crippen LogP contribution is 2.36. The zero-order chi connectivity index (χ0) is 14.7. The molecule has 0 spiro atoms. The molecule has 0 heterocycles. The summed E-state index contributed by atoms with van der Waals surface area (Å²) in [5, 5.41) is 3.54. The smallest absolute Gasteiger partial charge is 0.0428 e. The number of benzene rings is 1. The van der Waals surface area contributed by atoms with Crippen molar-refractivity contribution >= 4 is 21.6 Å². The van der Waals surface area contributed by atoms with Crippen molar-refractivity contribution in [3.05, 3.63) is 28.2 Å². The lowest BCUT2D eigenvalue weighted by molar-refractivity contribution is 0.585. The average Bonchev–Trinajstić information content (AvgIpc) is 3.19. The molecule has 20 heavy (non-hydrogen) atoms. The van der Waals surface area contributed by atoms with Gasteiger partial charge in [-0.05, 0) is 63.8 Å². The molecule has 1 atom stereocenters. The lowest BCUT2D eigenvalue weighted by atomic mass is 10.0. The van der Waals surface area contributed by atoms with E-state index in [2.05, 4.69) is 72.0 Å². The van der Waals surface area contributed by atoms with E-state index in [-0.39, 0.29) is 0 Å². The summed E-state index contributed by atoms with van der Waals surface area (Å²) in [5.74, 6) is 0.902. The summed E-state index contributed by atoms with van der Waals surface area (Å²) in [7, 11) is 0. The van der Waals surface area contributed by atoms with Gasteiger partial charge in [0.15, 0.2) is 0 Å². The van der Waals surface area contributed by atoms with Gasteiger partial charge in [-0.15, -0.1) is 0 Å². The van der Waals surface area contributed by atoms with E-state index in [4.69, 9.17) is 0 Å². The number of anilines is 1. The maximum absolute atomic E-state index is 3.64. The summed E-state index contributed by atoms with van der Waals surface area (Å²) in [5.41, 5.74) is 2.79. The quantitative estimate of drug-likeness (QED) is 0.772. The van der Waals surface area contributed by atoms with Crippen LogP contribution in [0.5, 0.6) is 0 Å². The third kappa shape index (κ3) is 3.98. The van der Waals surface area contributed by atoms with Gasteiger partial charge >= 0.3 is 0 Å². The summed E-state index contributed by atoms with van der Waals surface area (Å²) in [6.45, 7) is 11.2. The Hall–Kier alpha value is -0.540. The van der Waals surface area contributed by atoms with Crippen LogP contribution in [-0.2, 0) is 0 Å². The topological polar surface area (TPSA) is 15.3 Å². The third-order valence-electron chi connectivity index (χ3n) is 4.05. The van der Waals surface area contributed by atoms with Gasteiger partial charge in [0.05, 0.1) is 0 Å². The van der Waals surface area contributed by atoms with Crippen molar-refractivity contribution in [3.63, 3.8) is 0 Å². The fourth-order valence-corrected chi connectivity index (χ4v) is 3.06. The van der Waals surface area contributed by atoms with E-state index < -0.39 is 0 Å². The van der Waals surface area contributed by atoms with E-state index in [0.717, 1.165) is 12.5 Å². The van der Waals surface area contributed by atoms with E-state index >= 15 is 0 Å². The Kier molecular flexibility index (Phi) is 5.50. The van der Waals surface area contributed by atoms with Crippen molar-refractivity contribution in [1.82, 2.24) is 5.32 Å². The Bertz CT molecular complexity index is 441. The molecule has 112 valence electrons. The highest BCUT2D eigenvalue weighted by atomic mass is 79.9. The first-order valence-corrected chi connectivity index (χ1v) is 8.61. The van der Waals surface area contributed by atoms with Crippen molar-refractivity contribution in [2.24, 2.45) is 5.92 Å². The first kappa shape index (κ1) is 15.8. The van der Waals surface area contributed by atoms with E-state index in [9.17, 15) is 0 Å². The van der Waals surface area contributed by atoms with Gasteiger partial charge in [0.2, 0.25) is 0 Å². The molecule has 0 amide bonds. The normalized spacial score (nSPS) is 16.5. The summed E-state index contributed by atoms with van der Waals surface area (Å²) in [4.78, 5) is 2.58. The highest BCUT2D eigenvalue weighted by molar-refractivity contribution is 9.10. The lowest BCUT2D eigenvalue weighted by Crippen LogP contribution is -2.34. The van der Waals surface area contributed by atoms with Gasteiger partial charge in [-0.1, -0.05) is 28.9 Å². The number of rotatable bonds is 7. The van der Waals surface area contributed by atoms with Gasteiger partial charge in [0.1, 0.15) is 0 Å². The van der Waals surface area contributed by atoms with Gasteiger partial charge in [0.25, 0.3) is 0 Å². The van der Waals surface area contributed by atoms with Crippen LogP contribution in [0, 0.1) is 5.92 Å². The minimum Gasteiger partial charge on any atom is -0.369 e. The van der Waals surface area contributed by atoms with Gasteiger partial charge in [0, 0.05) is 28.8 Å². The van der Waals surface area contributed by atoms with Crippen LogP contribution in [0.25, 0.3) is 0 Å². The molecule has 0 saturated heterocycles. The molecule has 1 saturated carbocycles. The van der Waals surface area contributed by atoms with Crippen molar-refractivity contribution in [2.75, 3.05) is 18.0 Å². The number of nitrogens with one attached hydrogen (secondary N) is 1. The lowest BCUT2D eigenvalue weighted by Gasteiger charge is -2.33. The van der Waals surface area contributed by atoms with Crippen LogP contribution in [0.4, 0.5) is 5.69 Å². The average molecular weight is 339 g/mol. The standard InChI is InChI=1S/C17H27BrN2/c1-5-19-13(4)16-9-8-15(18)10-17(16)20(12(2)3)11-14-6-7-14/h8-10,12-14,19H,5-7,11H2,1-4H3. The molecule has 1 N–H and O–H groups in total. The van der Waals surface area contributed by atoms with E-state index in [0.29, 0.717) is 12.1 Å². The second-order valence-electron chi connectivity index (χ2n) is 6.17. The Morgan fingerprint density at radius 3 is 2.55 bits per heavy atom. The van der Waals surface area contributed by atoms with Crippen LogP contribution in [-0.4, -0.2) is 19.1 Å². The van der Waals surface area contributed by atoms with Crippen molar-refractivity contribution < 1.29 is 0 Å². The van der Waals surface area contributed by atoms with Crippen molar-refractivity contribution in [2.45, 2.75) is 52.6 Å². The van der Waals surface area contributed by atoms with Crippen LogP contribution in [0.15, 0.2) is 22.7 Å². The largest absolute Gasteiger partial charge is 0.369 e. The Balaban J connectivity index is 2.32. The maximum Gasteiger partial charge on any atom is 0.0428 e. The van der Waals surface area contributed by atoms with E-state index in [1.807, 2.05) is 0 Å². The molecular weight excluding hydrogens is 312 g/mol. The third-order valence-corrected chi connectivity index (χ3v) is 4.55. The van der Waals surface area contributed by atoms with E-state index in [1.54, 1.807) is 0 Å². The zero-order valence-electron chi connectivity index (χ0n) is 13.1. The van der Waals surface area contributed by atoms with Gasteiger partial charge in [-0.3, -0.25) is 0 Å². The fraction of sp³-hybridized carbons (Fsp3) is 0.647. The summed E-state index contributed by atoms with van der Waals surface area (Å²) >= 11 is 3.64. The zero-order valence-corrected chi connectivity index (χ0v) is 14.7. The van der Waals surface area contributed by atoms with Crippen LogP contribution in [0.1, 0.15) is 52.1 Å². The van der Waals surface area contributed by atoms with Crippen LogP contribution in [0.3, 0.4) is 0 Å². The molecule has 0 aliphatic heterocycles. The molecule has 1 unspecified atom stereocenters. The molecule has 0 radical (unpaired) electrons. The molecule has 0 aromatic heterocycles. The van der Waals surface area contributed by atoms with Crippen molar-refractivity contribution in [1.29, 1.82) is 0 Å². The molecule has 0 bridgehead atoms. The van der Waals surface area contributed by atoms with Crippen molar-refractivity contribution in [3.8, 4) is 0 Å². The summed E-state index contributed by atoms with van der Waals surface area (Å²) in [6.07, 6.45) is 2.80. The Labute approximate surface area is 132 Å². The molecule has 2 rings (SSSR count). The molecule has 3 heteroatoms. The number of halogens is 1. The van der Waals surface area contributed by atoms with Crippen LogP contribution >= 0.6 is 15.9 Å². The molecule has 1 aromatic carbocycles. The maximum atomic E-state index is 3.64. The monoisotopic (exact) mass is 338 g/mol. The number of hydrogen-bond donors (Lipinski definition) is 1. The van der Waals surface area contributed by atoms with Gasteiger partial charge in [-0.25, -0.2) is 0 Å².